The molecule has 0 radical (unpaired) electrons. The van der Waals surface area contributed by atoms with Crippen LogP contribution in [0.1, 0.15) is 15.9 Å². The number of amides is 1. The Labute approximate surface area is 200 Å². The number of aryl methyl sites for hydroxylation is 2. The van der Waals surface area contributed by atoms with Crippen LogP contribution in [0.5, 0.6) is 0 Å². The fourth-order valence-corrected chi connectivity index (χ4v) is 3.76. The molecule has 0 aliphatic rings. The average Bonchev–Trinajstić information content (AvgIpc) is 3.22. The number of rotatable bonds is 5. The van der Waals surface area contributed by atoms with Crippen molar-refractivity contribution >= 4 is 45.7 Å². The van der Waals surface area contributed by atoms with E-state index in [1.54, 1.807) is 48.8 Å². The van der Waals surface area contributed by atoms with Crippen molar-refractivity contribution in [2.24, 2.45) is 7.05 Å². The second-order valence-electron chi connectivity index (χ2n) is 7.81. The number of anilines is 3. The van der Waals surface area contributed by atoms with Gasteiger partial charge in [-0.1, -0.05) is 23.7 Å². The predicted octanol–water partition coefficient (Wildman–Crippen LogP) is 5.38. The number of aromatic nitrogens is 5. The molecule has 34 heavy (non-hydrogen) atoms. The standard InChI is InChI=1S/C25H20ClN7O/c1-15-6-7-16(25(34)29-19-5-3-4-18(26)11-19)10-21(15)30-23-20-8-9-33(2)24(20)32-22(31-23)17-12-27-14-28-13-17/h3-14H,1-2H3,(H,29,34)(H,30,31,32). The van der Waals surface area contributed by atoms with Crippen molar-refractivity contribution in [2.45, 2.75) is 6.92 Å². The highest BCUT2D eigenvalue weighted by atomic mass is 35.5. The van der Waals surface area contributed by atoms with E-state index in [2.05, 4.69) is 25.6 Å². The summed E-state index contributed by atoms with van der Waals surface area (Å²) in [4.78, 5) is 30.5. The Morgan fingerprint density at radius 2 is 1.85 bits per heavy atom. The first-order valence-corrected chi connectivity index (χ1v) is 10.9. The van der Waals surface area contributed by atoms with Crippen LogP contribution in [0.15, 0.2) is 73.4 Å². The van der Waals surface area contributed by atoms with E-state index in [1.165, 1.54) is 6.33 Å². The Balaban J connectivity index is 1.51. The molecular formula is C25H20ClN7O. The number of benzene rings is 2. The van der Waals surface area contributed by atoms with Gasteiger partial charge >= 0.3 is 0 Å². The first-order chi connectivity index (χ1) is 16.5. The van der Waals surface area contributed by atoms with Gasteiger partial charge in [-0.25, -0.2) is 19.9 Å². The monoisotopic (exact) mass is 469 g/mol. The zero-order chi connectivity index (χ0) is 23.7. The largest absolute Gasteiger partial charge is 0.339 e. The second-order valence-corrected chi connectivity index (χ2v) is 8.24. The van der Waals surface area contributed by atoms with Gasteiger partial charge in [0.2, 0.25) is 0 Å². The van der Waals surface area contributed by atoms with Crippen molar-refractivity contribution in [3.63, 3.8) is 0 Å². The number of fused-ring (bicyclic) bond motifs is 1. The average molecular weight is 470 g/mol. The van der Waals surface area contributed by atoms with Gasteiger partial charge in [0.1, 0.15) is 17.8 Å². The summed E-state index contributed by atoms with van der Waals surface area (Å²) >= 11 is 6.03. The fourth-order valence-electron chi connectivity index (χ4n) is 3.57. The topological polar surface area (TPSA) is 97.6 Å². The van der Waals surface area contributed by atoms with E-state index in [0.29, 0.717) is 33.5 Å². The maximum atomic E-state index is 12.9. The highest BCUT2D eigenvalue weighted by Gasteiger charge is 2.15. The fraction of sp³-hybridized carbons (Fsp3) is 0.0800. The molecule has 0 aliphatic carbocycles. The van der Waals surface area contributed by atoms with Crippen LogP contribution >= 0.6 is 11.6 Å². The first-order valence-electron chi connectivity index (χ1n) is 10.5. The molecule has 2 N–H and O–H groups in total. The second kappa shape index (κ2) is 8.92. The Kier molecular flexibility index (Phi) is 5.65. The number of hydrogen-bond donors (Lipinski definition) is 2. The van der Waals surface area contributed by atoms with Crippen LogP contribution in [0.25, 0.3) is 22.4 Å². The van der Waals surface area contributed by atoms with Crippen molar-refractivity contribution in [3.8, 4) is 11.4 Å². The lowest BCUT2D eigenvalue weighted by Crippen LogP contribution is -2.12. The van der Waals surface area contributed by atoms with Gasteiger partial charge < -0.3 is 15.2 Å². The molecule has 0 bridgehead atoms. The van der Waals surface area contributed by atoms with Gasteiger partial charge in [-0.05, 0) is 48.9 Å². The number of carbonyl (C=O) groups is 1. The summed E-state index contributed by atoms with van der Waals surface area (Å²) in [7, 11) is 1.93. The quantitative estimate of drug-likeness (QED) is 0.358. The summed E-state index contributed by atoms with van der Waals surface area (Å²) in [5.41, 5.74) is 4.33. The maximum Gasteiger partial charge on any atom is 0.255 e. The molecule has 9 heteroatoms. The van der Waals surface area contributed by atoms with E-state index in [1.807, 2.05) is 36.9 Å². The van der Waals surface area contributed by atoms with E-state index in [4.69, 9.17) is 16.6 Å². The lowest BCUT2D eigenvalue weighted by molar-refractivity contribution is 0.102. The summed E-state index contributed by atoms with van der Waals surface area (Å²) in [6.45, 7) is 1.97. The van der Waals surface area contributed by atoms with E-state index in [9.17, 15) is 4.79 Å². The van der Waals surface area contributed by atoms with E-state index in [-0.39, 0.29) is 5.91 Å². The van der Waals surface area contributed by atoms with Gasteiger partial charge in [0.25, 0.3) is 5.91 Å². The zero-order valence-corrected chi connectivity index (χ0v) is 19.2. The highest BCUT2D eigenvalue weighted by Crippen LogP contribution is 2.29. The highest BCUT2D eigenvalue weighted by molar-refractivity contribution is 6.31. The Bertz CT molecular complexity index is 1520. The van der Waals surface area contributed by atoms with Gasteiger partial charge in [-0.3, -0.25) is 4.79 Å². The van der Waals surface area contributed by atoms with Crippen molar-refractivity contribution in [1.29, 1.82) is 0 Å². The molecule has 0 fully saturated rings. The summed E-state index contributed by atoms with van der Waals surface area (Å²) in [6, 6.07) is 14.5. The van der Waals surface area contributed by atoms with Crippen LogP contribution < -0.4 is 10.6 Å². The summed E-state index contributed by atoms with van der Waals surface area (Å²) < 4.78 is 1.93. The van der Waals surface area contributed by atoms with Gasteiger partial charge in [0.05, 0.1) is 10.9 Å². The van der Waals surface area contributed by atoms with Crippen molar-refractivity contribution in [3.05, 3.63) is 89.6 Å². The number of hydrogen-bond acceptors (Lipinski definition) is 6. The molecule has 0 unspecified atom stereocenters. The van der Waals surface area contributed by atoms with Crippen LogP contribution in [-0.2, 0) is 7.05 Å². The molecule has 0 spiro atoms. The molecule has 5 aromatic rings. The van der Waals surface area contributed by atoms with Crippen molar-refractivity contribution < 1.29 is 4.79 Å². The van der Waals surface area contributed by atoms with Crippen LogP contribution in [0, 0.1) is 6.92 Å². The molecule has 0 saturated heterocycles. The number of halogens is 1. The third-order valence-electron chi connectivity index (χ3n) is 5.38. The summed E-state index contributed by atoms with van der Waals surface area (Å²) in [5, 5.41) is 7.69. The molecule has 0 saturated carbocycles. The molecule has 3 aromatic heterocycles. The Morgan fingerprint density at radius 1 is 1.03 bits per heavy atom. The minimum atomic E-state index is -0.236. The molecular weight excluding hydrogens is 450 g/mol. The molecule has 1 amide bonds. The number of nitrogens with one attached hydrogen (secondary N) is 2. The van der Waals surface area contributed by atoms with E-state index >= 15 is 0 Å². The van der Waals surface area contributed by atoms with Crippen LogP contribution in [-0.4, -0.2) is 30.4 Å². The predicted molar refractivity (Wildman–Crippen MR) is 133 cm³/mol. The number of nitrogens with zero attached hydrogens (tertiary/aromatic N) is 5. The van der Waals surface area contributed by atoms with Crippen LogP contribution in [0.3, 0.4) is 0 Å². The van der Waals surface area contributed by atoms with Gasteiger partial charge in [-0.15, -0.1) is 0 Å². The van der Waals surface area contributed by atoms with E-state index in [0.717, 1.165) is 22.3 Å². The molecule has 0 aliphatic heterocycles. The Hall–Kier alpha value is -4.30. The normalized spacial score (nSPS) is 10.9. The SMILES string of the molecule is Cc1ccc(C(=O)Nc2cccc(Cl)c2)cc1Nc1nc(-c2cncnc2)nc2c1ccn2C. The smallest absolute Gasteiger partial charge is 0.255 e. The lowest BCUT2D eigenvalue weighted by atomic mass is 10.1. The lowest BCUT2D eigenvalue weighted by Gasteiger charge is -2.13. The zero-order valence-electron chi connectivity index (χ0n) is 18.5. The third kappa shape index (κ3) is 4.31. The molecule has 8 nitrogen and oxygen atoms in total. The third-order valence-corrected chi connectivity index (χ3v) is 5.61. The maximum absolute atomic E-state index is 12.9. The minimum absolute atomic E-state index is 0.236. The van der Waals surface area contributed by atoms with E-state index < -0.39 is 0 Å². The first kappa shape index (κ1) is 21.5. The van der Waals surface area contributed by atoms with Crippen molar-refractivity contribution in [1.82, 2.24) is 24.5 Å². The molecule has 0 atom stereocenters. The van der Waals surface area contributed by atoms with Gasteiger partial charge in [-0.2, -0.15) is 0 Å². The summed E-state index contributed by atoms with van der Waals surface area (Å²) in [6.07, 6.45) is 6.74. The van der Waals surface area contributed by atoms with Crippen LogP contribution in [0.2, 0.25) is 5.02 Å². The van der Waals surface area contributed by atoms with Crippen LogP contribution in [0.4, 0.5) is 17.2 Å². The Morgan fingerprint density at radius 3 is 2.65 bits per heavy atom. The molecule has 2 aromatic carbocycles. The molecule has 3 heterocycles. The van der Waals surface area contributed by atoms with Crippen molar-refractivity contribution in [2.75, 3.05) is 10.6 Å². The number of carbonyl (C=O) groups excluding carboxylic acids is 1. The van der Waals surface area contributed by atoms with Gasteiger partial charge in [0.15, 0.2) is 5.82 Å². The molecule has 168 valence electrons. The molecule has 5 rings (SSSR count). The minimum Gasteiger partial charge on any atom is -0.339 e. The van der Waals surface area contributed by atoms with Gasteiger partial charge in [0, 0.05) is 47.6 Å². The summed E-state index contributed by atoms with van der Waals surface area (Å²) in [5.74, 6) is 0.893.